The van der Waals surface area contributed by atoms with Crippen LogP contribution in [0.2, 0.25) is 0 Å². The van der Waals surface area contributed by atoms with Crippen molar-refractivity contribution < 1.29 is 8.42 Å². The number of nitrogens with zero attached hydrogens (tertiary/aromatic N) is 1. The highest BCUT2D eigenvalue weighted by molar-refractivity contribution is 7.98. The fraction of sp³-hybridized carbons (Fsp3) is 0.500. The van der Waals surface area contributed by atoms with Gasteiger partial charge in [0.1, 0.15) is 4.99 Å². The van der Waals surface area contributed by atoms with Crippen LogP contribution in [0, 0.1) is 0 Å². The molecule has 1 unspecified atom stereocenters. The number of hydrogen-bond acceptors (Lipinski definition) is 4. The second-order valence-corrected chi connectivity index (χ2v) is 8.23. The molecule has 0 heterocycles. The van der Waals surface area contributed by atoms with Gasteiger partial charge in [-0.05, 0) is 18.2 Å². The van der Waals surface area contributed by atoms with Gasteiger partial charge in [0.25, 0.3) is 0 Å². The zero-order valence-electron chi connectivity index (χ0n) is 12.6. The van der Waals surface area contributed by atoms with Crippen molar-refractivity contribution in [2.75, 3.05) is 19.1 Å². The Morgan fingerprint density at radius 2 is 1.95 bits per heavy atom. The van der Waals surface area contributed by atoms with Gasteiger partial charge in [0.15, 0.2) is 0 Å². The van der Waals surface area contributed by atoms with Crippen molar-refractivity contribution in [1.29, 1.82) is 0 Å². The van der Waals surface area contributed by atoms with E-state index in [0.29, 0.717) is 4.99 Å². The zero-order chi connectivity index (χ0) is 16.0. The summed E-state index contributed by atoms with van der Waals surface area (Å²) in [5, 5.41) is 0. The minimum atomic E-state index is -3.32. The van der Waals surface area contributed by atoms with Crippen LogP contribution in [0.1, 0.15) is 24.5 Å². The fourth-order valence-corrected chi connectivity index (χ4v) is 4.55. The van der Waals surface area contributed by atoms with Crippen LogP contribution >= 0.6 is 24.0 Å². The molecule has 1 atom stereocenters. The second-order valence-electron chi connectivity index (χ2n) is 4.85. The zero-order valence-corrected chi connectivity index (χ0v) is 15.0. The van der Waals surface area contributed by atoms with Crippen molar-refractivity contribution in [3.05, 3.63) is 35.4 Å². The number of rotatable bonds is 8. The third-order valence-corrected chi connectivity index (χ3v) is 6.20. The van der Waals surface area contributed by atoms with Gasteiger partial charge in [-0.2, -0.15) is 11.8 Å². The third-order valence-electron chi connectivity index (χ3n) is 3.37. The fourth-order valence-electron chi connectivity index (χ4n) is 1.98. The minimum absolute atomic E-state index is 0.00794. The van der Waals surface area contributed by atoms with E-state index in [2.05, 4.69) is 0 Å². The van der Waals surface area contributed by atoms with E-state index in [9.17, 15) is 8.42 Å². The number of thiocarbonyl (C=S) groups is 1. The molecule has 0 fully saturated rings. The number of hydrogen-bond donors (Lipinski definition) is 1. The van der Waals surface area contributed by atoms with Crippen LogP contribution in [-0.4, -0.2) is 42.8 Å². The summed E-state index contributed by atoms with van der Waals surface area (Å²) in [6, 6.07) is 7.06. The van der Waals surface area contributed by atoms with Crippen molar-refractivity contribution in [2.24, 2.45) is 5.73 Å². The lowest BCUT2D eigenvalue weighted by molar-refractivity contribution is 0.385. The molecule has 1 aromatic carbocycles. The third kappa shape index (κ3) is 5.25. The average molecular weight is 347 g/mol. The number of benzene rings is 1. The lowest BCUT2D eigenvalue weighted by Crippen LogP contribution is -2.38. The summed E-state index contributed by atoms with van der Waals surface area (Å²) < 4.78 is 26.4. The van der Waals surface area contributed by atoms with E-state index in [4.69, 9.17) is 18.0 Å². The number of nitrogens with two attached hydrogens (primary N) is 1. The molecular formula is C14H22N2O2S3. The summed E-state index contributed by atoms with van der Waals surface area (Å²) >= 11 is 6.54. The SMILES string of the molecule is CCC(CSC)N(C)S(=O)(=O)Cc1ccc(C(N)=S)cc1. The van der Waals surface area contributed by atoms with Gasteiger partial charge in [-0.3, -0.25) is 0 Å². The predicted molar refractivity (Wildman–Crippen MR) is 95.2 cm³/mol. The van der Waals surface area contributed by atoms with Crippen LogP contribution in [0.25, 0.3) is 0 Å². The van der Waals surface area contributed by atoms with Gasteiger partial charge >= 0.3 is 0 Å². The molecule has 0 amide bonds. The van der Waals surface area contributed by atoms with E-state index in [1.807, 2.05) is 13.2 Å². The predicted octanol–water partition coefficient (Wildman–Crippen LogP) is 2.22. The van der Waals surface area contributed by atoms with Gasteiger partial charge in [-0.25, -0.2) is 12.7 Å². The Labute approximate surface area is 137 Å². The maximum Gasteiger partial charge on any atom is 0.218 e. The Morgan fingerprint density at radius 3 is 2.38 bits per heavy atom. The first-order chi connectivity index (χ1) is 9.81. The summed E-state index contributed by atoms with van der Waals surface area (Å²) in [4.78, 5) is 0.313. The maximum atomic E-state index is 12.5. The molecule has 7 heteroatoms. The topological polar surface area (TPSA) is 63.4 Å². The molecule has 0 spiro atoms. The summed E-state index contributed by atoms with van der Waals surface area (Å²) in [6.07, 6.45) is 2.79. The van der Waals surface area contributed by atoms with Crippen LogP contribution in [-0.2, 0) is 15.8 Å². The molecule has 1 rings (SSSR count). The molecule has 21 heavy (non-hydrogen) atoms. The Bertz CT molecular complexity index is 570. The van der Waals surface area contributed by atoms with Gasteiger partial charge in [0.2, 0.25) is 10.0 Å². The normalized spacial score (nSPS) is 13.3. The first-order valence-electron chi connectivity index (χ1n) is 6.65. The van der Waals surface area contributed by atoms with E-state index in [1.165, 1.54) is 4.31 Å². The summed E-state index contributed by atoms with van der Waals surface area (Å²) in [5.74, 6) is 0.790. The smallest absolute Gasteiger partial charge is 0.218 e. The van der Waals surface area contributed by atoms with Crippen LogP contribution in [0.5, 0.6) is 0 Å². The molecule has 118 valence electrons. The molecule has 0 aliphatic carbocycles. The quantitative estimate of drug-likeness (QED) is 0.731. The van der Waals surface area contributed by atoms with Gasteiger partial charge in [0, 0.05) is 24.4 Å². The van der Waals surface area contributed by atoms with Crippen molar-refractivity contribution in [1.82, 2.24) is 4.31 Å². The van der Waals surface area contributed by atoms with E-state index >= 15 is 0 Å². The van der Waals surface area contributed by atoms with Crippen LogP contribution in [0.3, 0.4) is 0 Å². The summed E-state index contributed by atoms with van der Waals surface area (Å²) in [5.41, 5.74) is 7.01. The standard InChI is InChI=1S/C14H22N2O2S3/c1-4-13(9-20-3)16(2)21(17,18)10-11-5-7-12(8-6-11)14(15)19/h5-8,13H,4,9-10H2,1-3H3,(H2,15,19). The molecule has 0 aromatic heterocycles. The van der Waals surface area contributed by atoms with Crippen molar-refractivity contribution in [2.45, 2.75) is 25.1 Å². The van der Waals surface area contributed by atoms with Gasteiger partial charge in [-0.1, -0.05) is 43.4 Å². The molecule has 0 radical (unpaired) electrons. The molecule has 0 aliphatic heterocycles. The molecule has 0 saturated heterocycles. The van der Waals surface area contributed by atoms with E-state index < -0.39 is 10.0 Å². The first-order valence-corrected chi connectivity index (χ1v) is 10.1. The Balaban J connectivity index is 2.86. The van der Waals surface area contributed by atoms with Gasteiger partial charge < -0.3 is 5.73 Å². The summed E-state index contributed by atoms with van der Waals surface area (Å²) in [7, 11) is -1.67. The Morgan fingerprint density at radius 1 is 1.38 bits per heavy atom. The highest BCUT2D eigenvalue weighted by Crippen LogP contribution is 2.17. The lowest BCUT2D eigenvalue weighted by atomic mass is 10.1. The summed E-state index contributed by atoms with van der Waals surface area (Å²) in [6.45, 7) is 2.00. The monoisotopic (exact) mass is 346 g/mol. The lowest BCUT2D eigenvalue weighted by Gasteiger charge is -2.26. The second kappa shape index (κ2) is 8.12. The molecule has 4 nitrogen and oxygen atoms in total. The first kappa shape index (κ1) is 18.4. The molecule has 2 N–H and O–H groups in total. The van der Waals surface area contributed by atoms with E-state index in [0.717, 1.165) is 23.3 Å². The molecule has 0 aliphatic rings. The van der Waals surface area contributed by atoms with Crippen molar-refractivity contribution in [3.8, 4) is 0 Å². The van der Waals surface area contributed by atoms with Gasteiger partial charge in [-0.15, -0.1) is 0 Å². The molecule has 0 saturated carbocycles. The minimum Gasteiger partial charge on any atom is -0.389 e. The number of thioether (sulfide) groups is 1. The maximum absolute atomic E-state index is 12.5. The van der Waals surface area contributed by atoms with Gasteiger partial charge in [0.05, 0.1) is 5.75 Å². The highest BCUT2D eigenvalue weighted by Gasteiger charge is 2.25. The average Bonchev–Trinajstić information content (AvgIpc) is 2.44. The number of sulfonamides is 1. The van der Waals surface area contributed by atoms with Crippen LogP contribution < -0.4 is 5.73 Å². The van der Waals surface area contributed by atoms with E-state index in [1.54, 1.807) is 43.1 Å². The molecule has 1 aromatic rings. The highest BCUT2D eigenvalue weighted by atomic mass is 32.2. The van der Waals surface area contributed by atoms with E-state index in [-0.39, 0.29) is 11.8 Å². The van der Waals surface area contributed by atoms with Crippen LogP contribution in [0.4, 0.5) is 0 Å². The largest absolute Gasteiger partial charge is 0.389 e. The Hall–Kier alpha value is -0.630. The van der Waals surface area contributed by atoms with Crippen molar-refractivity contribution in [3.63, 3.8) is 0 Å². The Kier molecular flexibility index (Phi) is 7.12. The van der Waals surface area contributed by atoms with Crippen molar-refractivity contribution >= 4 is 39.0 Å². The molecule has 0 bridgehead atoms. The van der Waals surface area contributed by atoms with Crippen LogP contribution in [0.15, 0.2) is 24.3 Å². The molecular weight excluding hydrogens is 324 g/mol.